The lowest BCUT2D eigenvalue weighted by Crippen LogP contribution is -2.17. The summed E-state index contributed by atoms with van der Waals surface area (Å²) in [5.74, 6) is 0. The lowest BCUT2D eigenvalue weighted by Gasteiger charge is -2.05. The maximum Gasteiger partial charge on any atom is 0.180 e. The van der Waals surface area contributed by atoms with Crippen molar-refractivity contribution in [2.24, 2.45) is 0 Å². The summed E-state index contributed by atoms with van der Waals surface area (Å²) in [6, 6.07) is 1.86. The summed E-state index contributed by atoms with van der Waals surface area (Å²) in [6.07, 6.45) is 3.43. The highest BCUT2D eigenvalue weighted by atomic mass is 15.1. The van der Waals surface area contributed by atoms with Crippen LogP contribution in [-0.2, 0) is 0 Å². The molecule has 0 spiro atoms. The number of rotatable bonds is 3. The van der Waals surface area contributed by atoms with E-state index in [0.29, 0.717) is 6.54 Å². The molecule has 9 heavy (non-hydrogen) atoms. The molecule has 0 atom stereocenters. The van der Waals surface area contributed by atoms with Crippen molar-refractivity contribution in [3.63, 3.8) is 0 Å². The fourth-order valence-electron chi connectivity index (χ4n) is 0.382. The Morgan fingerprint density at radius 1 is 1.56 bits per heavy atom. The number of hydrogen-bond acceptors (Lipinski definition) is 3. The van der Waals surface area contributed by atoms with Crippen molar-refractivity contribution >= 4 is 0 Å². The average Bonchev–Trinajstić information content (AvgIpc) is 1.88. The van der Waals surface area contributed by atoms with Crippen LogP contribution < -0.4 is 0 Å². The van der Waals surface area contributed by atoms with Crippen LogP contribution in [0.25, 0.3) is 0 Å². The molecule has 3 heteroatoms. The van der Waals surface area contributed by atoms with Gasteiger partial charge in [-0.1, -0.05) is 6.08 Å². The van der Waals surface area contributed by atoms with E-state index < -0.39 is 0 Å². The minimum absolute atomic E-state index is 0.141. The SMILES string of the molecule is C=CCN(C#N)CC#N. The van der Waals surface area contributed by atoms with Crippen LogP contribution in [-0.4, -0.2) is 18.0 Å². The summed E-state index contributed by atoms with van der Waals surface area (Å²) in [5, 5.41) is 16.4. The van der Waals surface area contributed by atoms with Crippen LogP contribution in [0.15, 0.2) is 12.7 Å². The fourth-order valence-corrected chi connectivity index (χ4v) is 0.382. The van der Waals surface area contributed by atoms with Crippen LogP contribution in [0, 0.1) is 22.8 Å². The van der Waals surface area contributed by atoms with Gasteiger partial charge in [0.05, 0.1) is 6.07 Å². The first kappa shape index (κ1) is 7.52. The predicted molar refractivity (Wildman–Crippen MR) is 33.0 cm³/mol. The molecule has 0 saturated heterocycles. The van der Waals surface area contributed by atoms with Crippen LogP contribution in [0.3, 0.4) is 0 Å². The summed E-state index contributed by atoms with van der Waals surface area (Å²) in [7, 11) is 0. The number of nitrogens with zero attached hydrogens (tertiary/aromatic N) is 3. The first-order valence-electron chi connectivity index (χ1n) is 2.47. The van der Waals surface area contributed by atoms with Gasteiger partial charge in [0.2, 0.25) is 0 Å². The third-order valence-electron chi connectivity index (χ3n) is 0.752. The Bertz CT molecular complexity index is 160. The molecule has 0 aliphatic rings. The molecule has 0 aliphatic carbocycles. The van der Waals surface area contributed by atoms with Crippen molar-refractivity contribution in [1.29, 1.82) is 10.5 Å². The molecule has 46 valence electrons. The second-order valence-corrected chi connectivity index (χ2v) is 1.43. The molecule has 0 rings (SSSR count). The fraction of sp³-hybridized carbons (Fsp3) is 0.333. The van der Waals surface area contributed by atoms with Crippen molar-refractivity contribution in [2.45, 2.75) is 0 Å². The van der Waals surface area contributed by atoms with Gasteiger partial charge in [-0.25, -0.2) is 0 Å². The minimum atomic E-state index is 0.141. The standard InChI is InChI=1S/C6H7N3/c1-2-4-9(6-8)5-3-7/h2H,1,4-5H2. The van der Waals surface area contributed by atoms with E-state index in [-0.39, 0.29) is 6.54 Å². The summed E-state index contributed by atoms with van der Waals surface area (Å²) in [4.78, 5) is 1.31. The molecule has 0 N–H and O–H groups in total. The Balaban J connectivity index is 3.60. The molecule has 0 fully saturated rings. The van der Waals surface area contributed by atoms with Crippen molar-refractivity contribution in [1.82, 2.24) is 4.90 Å². The second-order valence-electron chi connectivity index (χ2n) is 1.43. The van der Waals surface area contributed by atoms with Gasteiger partial charge in [-0.05, 0) is 0 Å². The third-order valence-corrected chi connectivity index (χ3v) is 0.752. The second kappa shape index (κ2) is 4.67. The van der Waals surface area contributed by atoms with Gasteiger partial charge in [0.1, 0.15) is 6.54 Å². The summed E-state index contributed by atoms with van der Waals surface area (Å²) >= 11 is 0. The Kier molecular flexibility index (Phi) is 3.90. The van der Waals surface area contributed by atoms with Crippen molar-refractivity contribution in [3.8, 4) is 12.3 Å². The van der Waals surface area contributed by atoms with Gasteiger partial charge in [0.25, 0.3) is 0 Å². The molecule has 0 aromatic rings. The summed E-state index contributed by atoms with van der Waals surface area (Å²) in [5.41, 5.74) is 0. The normalized spacial score (nSPS) is 6.89. The molecule has 0 amide bonds. The van der Waals surface area contributed by atoms with Crippen molar-refractivity contribution in [2.75, 3.05) is 13.1 Å². The first-order chi connectivity index (χ1) is 4.35. The first-order valence-corrected chi connectivity index (χ1v) is 2.47. The number of hydrogen-bond donors (Lipinski definition) is 0. The van der Waals surface area contributed by atoms with Crippen LogP contribution in [0.1, 0.15) is 0 Å². The van der Waals surface area contributed by atoms with E-state index in [1.807, 2.05) is 12.3 Å². The lowest BCUT2D eigenvalue weighted by atomic mass is 10.5. The van der Waals surface area contributed by atoms with E-state index in [1.165, 1.54) is 4.90 Å². The molecule has 0 aromatic carbocycles. The maximum absolute atomic E-state index is 8.27. The summed E-state index contributed by atoms with van der Waals surface area (Å²) < 4.78 is 0. The summed E-state index contributed by atoms with van der Waals surface area (Å²) in [6.45, 7) is 4.02. The highest BCUT2D eigenvalue weighted by Gasteiger charge is 1.93. The smallest absolute Gasteiger partial charge is 0.180 e. The topological polar surface area (TPSA) is 50.8 Å². The molecule has 3 nitrogen and oxygen atoms in total. The quantitative estimate of drug-likeness (QED) is 0.236. The van der Waals surface area contributed by atoms with E-state index in [0.717, 1.165) is 0 Å². The van der Waals surface area contributed by atoms with Crippen LogP contribution in [0.4, 0.5) is 0 Å². The van der Waals surface area contributed by atoms with Crippen molar-refractivity contribution in [3.05, 3.63) is 12.7 Å². The third kappa shape index (κ3) is 3.13. The van der Waals surface area contributed by atoms with E-state index in [1.54, 1.807) is 6.08 Å². The van der Waals surface area contributed by atoms with E-state index in [9.17, 15) is 0 Å². The highest BCUT2D eigenvalue weighted by molar-refractivity contribution is 4.88. The van der Waals surface area contributed by atoms with Gasteiger partial charge in [-0.2, -0.15) is 10.5 Å². The van der Waals surface area contributed by atoms with Crippen LogP contribution in [0.5, 0.6) is 0 Å². The molecule has 0 saturated carbocycles. The van der Waals surface area contributed by atoms with Gasteiger partial charge in [0, 0.05) is 6.54 Å². The zero-order valence-electron chi connectivity index (χ0n) is 5.04. The van der Waals surface area contributed by atoms with Crippen molar-refractivity contribution < 1.29 is 0 Å². The molecular weight excluding hydrogens is 114 g/mol. The van der Waals surface area contributed by atoms with Gasteiger partial charge in [-0.3, -0.25) is 4.90 Å². The molecule has 0 heterocycles. The highest BCUT2D eigenvalue weighted by Crippen LogP contribution is 1.81. The molecule has 0 bridgehead atoms. The average molecular weight is 121 g/mol. The van der Waals surface area contributed by atoms with Crippen LogP contribution in [0.2, 0.25) is 0 Å². The predicted octanol–water partition coefficient (Wildman–Crippen LogP) is 0.479. The van der Waals surface area contributed by atoms with Crippen LogP contribution >= 0.6 is 0 Å². The molecule has 0 aromatic heterocycles. The molecule has 0 aliphatic heterocycles. The molecule has 0 unspecified atom stereocenters. The molecule has 0 radical (unpaired) electrons. The maximum atomic E-state index is 8.27. The van der Waals surface area contributed by atoms with E-state index >= 15 is 0 Å². The Morgan fingerprint density at radius 3 is 2.56 bits per heavy atom. The Morgan fingerprint density at radius 2 is 2.22 bits per heavy atom. The van der Waals surface area contributed by atoms with Gasteiger partial charge < -0.3 is 0 Å². The Labute approximate surface area is 54.4 Å². The minimum Gasteiger partial charge on any atom is -0.293 e. The Hall–Kier alpha value is -1.48. The van der Waals surface area contributed by atoms with Gasteiger partial charge >= 0.3 is 0 Å². The zero-order valence-corrected chi connectivity index (χ0v) is 5.04. The van der Waals surface area contributed by atoms with E-state index in [2.05, 4.69) is 6.58 Å². The molecular formula is C6H7N3. The van der Waals surface area contributed by atoms with Gasteiger partial charge in [-0.15, -0.1) is 6.58 Å². The van der Waals surface area contributed by atoms with Gasteiger partial charge in [0.15, 0.2) is 6.19 Å². The number of nitriles is 2. The zero-order chi connectivity index (χ0) is 7.11. The largest absolute Gasteiger partial charge is 0.293 e. The lowest BCUT2D eigenvalue weighted by molar-refractivity contribution is 0.486. The monoisotopic (exact) mass is 121 g/mol. The van der Waals surface area contributed by atoms with E-state index in [4.69, 9.17) is 10.5 Å².